The minimum Gasteiger partial charge on any atom is -0.347 e. The van der Waals surface area contributed by atoms with Crippen molar-refractivity contribution in [1.29, 1.82) is 0 Å². The summed E-state index contributed by atoms with van der Waals surface area (Å²) in [5, 5.41) is 3.55. The van der Waals surface area contributed by atoms with E-state index in [2.05, 4.69) is 5.32 Å². The molecular weight excluding hydrogens is 358 g/mol. The van der Waals surface area contributed by atoms with E-state index in [1.807, 2.05) is 24.3 Å². The third-order valence-electron chi connectivity index (χ3n) is 5.64. The number of hydrogen-bond acceptors (Lipinski definition) is 3. The highest BCUT2D eigenvalue weighted by atomic mass is 35.5. The van der Waals surface area contributed by atoms with Crippen molar-refractivity contribution in [3.05, 3.63) is 34.9 Å². The van der Waals surface area contributed by atoms with E-state index < -0.39 is 15.4 Å². The molecule has 138 valence electrons. The molecule has 0 aliphatic heterocycles. The quantitative estimate of drug-likeness (QED) is 0.808. The molecule has 1 amide bonds. The lowest BCUT2D eigenvalue weighted by molar-refractivity contribution is -0.122. The maximum Gasteiger partial charge on any atom is 0.221 e. The van der Waals surface area contributed by atoms with Crippen LogP contribution in [0.4, 0.5) is 0 Å². The number of carbonyl (C=O) groups is 1. The SMILES string of the molecule is O=C(CCS(=O)(=O)C1CCCC1)NC1(c2cccc(Cl)c2)CCCC1. The number of benzene rings is 1. The molecule has 3 rings (SSSR count). The molecule has 1 N–H and O–H groups in total. The average molecular weight is 384 g/mol. The van der Waals surface area contributed by atoms with Crippen molar-refractivity contribution in [1.82, 2.24) is 5.32 Å². The highest BCUT2D eigenvalue weighted by molar-refractivity contribution is 7.92. The predicted molar refractivity (Wildman–Crippen MR) is 100 cm³/mol. The topological polar surface area (TPSA) is 63.2 Å². The average Bonchev–Trinajstić information content (AvgIpc) is 3.26. The summed E-state index contributed by atoms with van der Waals surface area (Å²) in [6, 6.07) is 7.62. The molecule has 0 bridgehead atoms. The second kappa shape index (κ2) is 7.67. The smallest absolute Gasteiger partial charge is 0.221 e. The second-order valence-corrected chi connectivity index (χ2v) is 10.2. The van der Waals surface area contributed by atoms with Crippen molar-refractivity contribution >= 4 is 27.3 Å². The standard InChI is InChI=1S/C19H26ClNO3S/c20-16-7-5-6-15(14-16)19(11-3-4-12-19)21-18(22)10-13-25(23,24)17-8-1-2-9-17/h5-7,14,17H,1-4,8-13H2,(H,21,22). The fourth-order valence-electron chi connectivity index (χ4n) is 4.23. The lowest BCUT2D eigenvalue weighted by Gasteiger charge is -2.31. The van der Waals surface area contributed by atoms with E-state index in [0.717, 1.165) is 56.9 Å². The Morgan fingerprint density at radius 2 is 1.84 bits per heavy atom. The second-order valence-electron chi connectivity index (χ2n) is 7.37. The number of halogens is 1. The molecule has 1 aromatic rings. The van der Waals surface area contributed by atoms with E-state index in [0.29, 0.717) is 5.02 Å². The van der Waals surface area contributed by atoms with Gasteiger partial charge in [-0.3, -0.25) is 4.79 Å². The van der Waals surface area contributed by atoms with Gasteiger partial charge in [0.05, 0.1) is 16.5 Å². The third-order valence-corrected chi connectivity index (χ3v) is 8.13. The Morgan fingerprint density at radius 1 is 1.16 bits per heavy atom. The minimum atomic E-state index is -3.16. The zero-order chi connectivity index (χ0) is 17.9. The van der Waals surface area contributed by atoms with Gasteiger partial charge in [-0.15, -0.1) is 0 Å². The molecule has 2 fully saturated rings. The van der Waals surface area contributed by atoms with E-state index in [1.54, 1.807) is 0 Å². The summed E-state index contributed by atoms with van der Waals surface area (Å²) >= 11 is 6.12. The zero-order valence-electron chi connectivity index (χ0n) is 14.5. The summed E-state index contributed by atoms with van der Waals surface area (Å²) in [6.07, 6.45) is 7.33. The van der Waals surface area contributed by atoms with Gasteiger partial charge in [0, 0.05) is 11.4 Å². The van der Waals surface area contributed by atoms with Crippen LogP contribution >= 0.6 is 11.6 Å². The Labute approximate surface area is 155 Å². The molecule has 1 aromatic carbocycles. The van der Waals surface area contributed by atoms with Crippen LogP contribution in [0.3, 0.4) is 0 Å². The van der Waals surface area contributed by atoms with E-state index in [-0.39, 0.29) is 23.3 Å². The molecule has 25 heavy (non-hydrogen) atoms. The van der Waals surface area contributed by atoms with Crippen molar-refractivity contribution in [3.8, 4) is 0 Å². The number of nitrogens with one attached hydrogen (secondary N) is 1. The van der Waals surface area contributed by atoms with E-state index >= 15 is 0 Å². The molecule has 6 heteroatoms. The Hall–Kier alpha value is -1.07. The summed E-state index contributed by atoms with van der Waals surface area (Å²) in [7, 11) is -3.16. The Morgan fingerprint density at radius 3 is 2.48 bits per heavy atom. The first-order valence-electron chi connectivity index (χ1n) is 9.20. The number of hydrogen-bond donors (Lipinski definition) is 1. The summed E-state index contributed by atoms with van der Waals surface area (Å²) in [6.45, 7) is 0. The first-order valence-corrected chi connectivity index (χ1v) is 11.3. The molecule has 4 nitrogen and oxygen atoms in total. The van der Waals surface area contributed by atoms with Gasteiger partial charge in [0.1, 0.15) is 0 Å². The highest BCUT2D eigenvalue weighted by Crippen LogP contribution is 2.39. The van der Waals surface area contributed by atoms with Crippen molar-refractivity contribution in [3.63, 3.8) is 0 Å². The number of carbonyl (C=O) groups excluding carboxylic acids is 1. The first kappa shape index (κ1) is 18.7. The van der Waals surface area contributed by atoms with Gasteiger partial charge in [0.15, 0.2) is 9.84 Å². The van der Waals surface area contributed by atoms with Gasteiger partial charge in [-0.25, -0.2) is 8.42 Å². The van der Waals surface area contributed by atoms with Crippen LogP contribution in [0.15, 0.2) is 24.3 Å². The first-order chi connectivity index (χ1) is 11.9. The Balaban J connectivity index is 1.65. The lowest BCUT2D eigenvalue weighted by atomic mass is 9.88. The van der Waals surface area contributed by atoms with Gasteiger partial charge in [-0.2, -0.15) is 0 Å². The summed E-state index contributed by atoms with van der Waals surface area (Å²) < 4.78 is 24.7. The predicted octanol–water partition coefficient (Wildman–Crippen LogP) is 3.97. The summed E-state index contributed by atoms with van der Waals surface area (Å²) in [5.41, 5.74) is 0.614. The fourth-order valence-corrected chi connectivity index (χ4v) is 6.27. The largest absolute Gasteiger partial charge is 0.347 e. The molecular formula is C19H26ClNO3S. The van der Waals surface area contributed by atoms with Crippen LogP contribution in [-0.2, 0) is 20.2 Å². The molecule has 0 aromatic heterocycles. The van der Waals surface area contributed by atoms with Gasteiger partial charge in [-0.05, 0) is 43.4 Å². The number of sulfone groups is 1. The van der Waals surface area contributed by atoms with Crippen LogP contribution < -0.4 is 5.32 Å². The molecule has 2 aliphatic rings. The van der Waals surface area contributed by atoms with E-state index in [1.165, 1.54) is 0 Å². The lowest BCUT2D eigenvalue weighted by Crippen LogP contribution is -2.44. The van der Waals surface area contributed by atoms with Gasteiger partial charge < -0.3 is 5.32 Å². The van der Waals surface area contributed by atoms with Crippen molar-refractivity contribution < 1.29 is 13.2 Å². The van der Waals surface area contributed by atoms with Crippen LogP contribution in [0.2, 0.25) is 5.02 Å². The third kappa shape index (κ3) is 4.37. The molecule has 2 saturated carbocycles. The van der Waals surface area contributed by atoms with E-state index in [9.17, 15) is 13.2 Å². The zero-order valence-corrected chi connectivity index (χ0v) is 16.0. The molecule has 0 radical (unpaired) electrons. The molecule has 0 atom stereocenters. The van der Waals surface area contributed by atoms with Crippen molar-refractivity contribution in [2.24, 2.45) is 0 Å². The van der Waals surface area contributed by atoms with Crippen LogP contribution in [0.25, 0.3) is 0 Å². The van der Waals surface area contributed by atoms with E-state index in [4.69, 9.17) is 11.6 Å². The highest BCUT2D eigenvalue weighted by Gasteiger charge is 2.37. The summed E-state index contributed by atoms with van der Waals surface area (Å²) in [5.74, 6) is -0.224. The van der Waals surface area contributed by atoms with Crippen LogP contribution in [-0.4, -0.2) is 25.3 Å². The van der Waals surface area contributed by atoms with Crippen molar-refractivity contribution in [2.75, 3.05) is 5.75 Å². The molecule has 0 unspecified atom stereocenters. The molecule has 0 spiro atoms. The summed E-state index contributed by atoms with van der Waals surface area (Å²) in [4.78, 5) is 12.5. The van der Waals surface area contributed by atoms with Crippen molar-refractivity contribution in [2.45, 2.75) is 68.6 Å². The fraction of sp³-hybridized carbons (Fsp3) is 0.632. The normalized spacial score (nSPS) is 20.7. The van der Waals surface area contributed by atoms with Gasteiger partial charge in [-0.1, -0.05) is 49.4 Å². The maximum atomic E-state index is 12.5. The Bertz CT molecular complexity index is 720. The minimum absolute atomic E-state index is 0.0428. The maximum absolute atomic E-state index is 12.5. The van der Waals surface area contributed by atoms with Gasteiger partial charge >= 0.3 is 0 Å². The van der Waals surface area contributed by atoms with Gasteiger partial charge in [0.25, 0.3) is 0 Å². The van der Waals surface area contributed by atoms with Crippen LogP contribution in [0, 0.1) is 0 Å². The van der Waals surface area contributed by atoms with Gasteiger partial charge in [0.2, 0.25) is 5.91 Å². The molecule has 0 heterocycles. The molecule has 0 saturated heterocycles. The Kier molecular flexibility index (Phi) is 5.74. The number of rotatable bonds is 6. The monoisotopic (exact) mass is 383 g/mol. The number of amides is 1. The van der Waals surface area contributed by atoms with Crippen LogP contribution in [0.1, 0.15) is 63.4 Å². The van der Waals surface area contributed by atoms with Crippen LogP contribution in [0.5, 0.6) is 0 Å². The molecule has 2 aliphatic carbocycles.